The van der Waals surface area contributed by atoms with Crippen molar-refractivity contribution >= 4 is 9.73 Å². The smallest absolute Gasteiger partial charge is 0.0500 e. The molecule has 72 valence electrons. The molecule has 1 heterocycles. The van der Waals surface area contributed by atoms with E-state index in [1.807, 2.05) is 0 Å². The van der Waals surface area contributed by atoms with E-state index >= 15 is 0 Å². The van der Waals surface area contributed by atoms with E-state index < -0.39 is 9.73 Å². The van der Waals surface area contributed by atoms with E-state index in [-0.39, 0.29) is 12.0 Å². The second kappa shape index (κ2) is 3.32. The Kier molecular flexibility index (Phi) is 2.75. The van der Waals surface area contributed by atoms with Crippen LogP contribution in [0.5, 0.6) is 0 Å². The molecule has 0 radical (unpaired) electrons. The van der Waals surface area contributed by atoms with E-state index in [0.717, 1.165) is 0 Å². The monoisotopic (exact) mass is 192 g/mol. The van der Waals surface area contributed by atoms with Crippen LogP contribution >= 0.6 is 0 Å². The number of aliphatic hydroxyl groups excluding tert-OH is 1. The number of rotatable bonds is 2. The lowest BCUT2D eigenvalue weighted by atomic mass is 9.83. The first-order chi connectivity index (χ1) is 5.54. The minimum atomic E-state index is -2.34. The predicted octanol–water partition coefficient (Wildman–Crippen LogP) is -0.236. The molecule has 0 spiro atoms. The molecule has 0 amide bonds. The van der Waals surface area contributed by atoms with Crippen LogP contribution in [0, 0.1) is 10.2 Å². The van der Waals surface area contributed by atoms with Gasteiger partial charge in [-0.1, -0.05) is 0 Å². The molecule has 12 heavy (non-hydrogen) atoms. The number of aliphatic hydroxyl groups is 1. The first-order valence-electron chi connectivity index (χ1n) is 4.09. The Labute approximate surface area is 73.1 Å². The summed E-state index contributed by atoms with van der Waals surface area (Å²) in [7, 11) is -2.34. The van der Waals surface area contributed by atoms with Gasteiger partial charge >= 0.3 is 0 Å². The van der Waals surface area contributed by atoms with Gasteiger partial charge in [0.2, 0.25) is 0 Å². The van der Waals surface area contributed by atoms with Crippen LogP contribution in [0.15, 0.2) is 0 Å². The highest BCUT2D eigenvalue weighted by molar-refractivity contribution is 7.92. The summed E-state index contributed by atoms with van der Waals surface area (Å²) >= 11 is 0. The van der Waals surface area contributed by atoms with Crippen LogP contribution in [0.3, 0.4) is 0 Å². The fourth-order valence-corrected chi connectivity index (χ4v) is 3.15. The van der Waals surface area contributed by atoms with Crippen LogP contribution in [0.4, 0.5) is 0 Å². The summed E-state index contributed by atoms with van der Waals surface area (Å²) in [6.45, 7) is 0.484. The molecule has 1 aliphatic heterocycles. The van der Waals surface area contributed by atoms with Crippen LogP contribution in [0.2, 0.25) is 0 Å². The third-order valence-corrected chi connectivity index (χ3v) is 4.42. The molecule has 1 aliphatic rings. The molecule has 0 aromatic rings. The fraction of sp³-hybridized carbons (Fsp3) is 1.00. The van der Waals surface area contributed by atoms with E-state index in [0.29, 0.717) is 30.9 Å². The second-order valence-corrected chi connectivity index (χ2v) is 6.02. The van der Waals surface area contributed by atoms with Gasteiger partial charge in [0.15, 0.2) is 0 Å². The van der Waals surface area contributed by atoms with Gasteiger partial charge in [-0.15, -0.1) is 0 Å². The average Bonchev–Trinajstić information content (AvgIpc) is 2.06. The van der Waals surface area contributed by atoms with Crippen molar-refractivity contribution in [1.29, 1.82) is 4.78 Å². The minimum absolute atomic E-state index is 0.0546. The Balaban J connectivity index is 2.66. The summed E-state index contributed by atoms with van der Waals surface area (Å²) < 4.78 is 18.6. The van der Waals surface area contributed by atoms with Gasteiger partial charge in [0.05, 0.1) is 0 Å². The van der Waals surface area contributed by atoms with Gasteiger partial charge in [0.25, 0.3) is 0 Å². The second-order valence-electron chi connectivity index (χ2n) is 3.58. The SMILES string of the molecule is N=S1(=O)CCC(CN)(CO)CC1. The molecule has 4 N–H and O–H groups in total. The van der Waals surface area contributed by atoms with Crippen molar-refractivity contribution in [3.8, 4) is 0 Å². The van der Waals surface area contributed by atoms with E-state index in [2.05, 4.69) is 0 Å². The Hall–Kier alpha value is -0.130. The van der Waals surface area contributed by atoms with E-state index in [9.17, 15) is 4.21 Å². The van der Waals surface area contributed by atoms with Crippen molar-refractivity contribution in [2.45, 2.75) is 12.8 Å². The summed E-state index contributed by atoms with van der Waals surface area (Å²) in [4.78, 5) is 0. The lowest BCUT2D eigenvalue weighted by Crippen LogP contribution is -2.41. The largest absolute Gasteiger partial charge is 0.396 e. The van der Waals surface area contributed by atoms with Crippen molar-refractivity contribution in [1.82, 2.24) is 0 Å². The quantitative estimate of drug-likeness (QED) is 0.564. The van der Waals surface area contributed by atoms with Crippen LogP contribution in [0.25, 0.3) is 0 Å². The Bertz CT molecular complexity index is 228. The van der Waals surface area contributed by atoms with Gasteiger partial charge in [-0.25, -0.2) is 4.21 Å². The standard InChI is InChI=1S/C7H16N2O2S/c8-5-7(6-10)1-3-12(9,11)4-2-7/h9-10H,1-6,8H2. The highest BCUT2D eigenvalue weighted by atomic mass is 32.2. The molecule has 0 aromatic heterocycles. The van der Waals surface area contributed by atoms with Gasteiger partial charge in [0, 0.05) is 39.8 Å². The van der Waals surface area contributed by atoms with Crippen LogP contribution in [0.1, 0.15) is 12.8 Å². The normalized spacial score (nSPS) is 42.8. The van der Waals surface area contributed by atoms with E-state index in [1.165, 1.54) is 0 Å². The molecule has 0 unspecified atom stereocenters. The summed E-state index contributed by atoms with van der Waals surface area (Å²) in [5.74, 6) is 0.787. The Morgan fingerprint density at radius 1 is 1.50 bits per heavy atom. The van der Waals surface area contributed by atoms with Gasteiger partial charge in [-0.2, -0.15) is 0 Å². The lowest BCUT2D eigenvalue weighted by molar-refractivity contribution is 0.121. The van der Waals surface area contributed by atoms with Crippen molar-refractivity contribution < 1.29 is 9.32 Å². The molecule has 0 saturated carbocycles. The maximum atomic E-state index is 11.3. The molecule has 5 heteroatoms. The Morgan fingerprint density at radius 3 is 2.33 bits per heavy atom. The third-order valence-electron chi connectivity index (χ3n) is 2.69. The molecule has 1 rings (SSSR count). The number of hydrogen-bond acceptors (Lipinski definition) is 4. The van der Waals surface area contributed by atoms with Crippen molar-refractivity contribution in [2.75, 3.05) is 24.7 Å². The van der Waals surface area contributed by atoms with Gasteiger partial charge in [0.1, 0.15) is 0 Å². The van der Waals surface area contributed by atoms with Crippen molar-refractivity contribution in [3.63, 3.8) is 0 Å². The summed E-state index contributed by atoms with van der Waals surface area (Å²) in [5.41, 5.74) is 5.28. The van der Waals surface area contributed by atoms with Crippen LogP contribution in [-0.4, -0.2) is 34.0 Å². The summed E-state index contributed by atoms with van der Waals surface area (Å²) in [6, 6.07) is 0. The summed E-state index contributed by atoms with van der Waals surface area (Å²) in [6.07, 6.45) is 1.25. The topological polar surface area (TPSA) is 87.2 Å². The van der Waals surface area contributed by atoms with Crippen molar-refractivity contribution in [2.24, 2.45) is 11.1 Å². The minimum Gasteiger partial charge on any atom is -0.396 e. The third kappa shape index (κ3) is 1.97. The number of nitrogens with one attached hydrogen (secondary N) is 1. The zero-order valence-corrected chi connectivity index (χ0v) is 7.90. The zero-order chi connectivity index (χ0) is 9.24. The van der Waals surface area contributed by atoms with Gasteiger partial charge < -0.3 is 10.8 Å². The fourth-order valence-electron chi connectivity index (χ4n) is 1.42. The van der Waals surface area contributed by atoms with E-state index in [1.54, 1.807) is 0 Å². The molecule has 0 aromatic carbocycles. The Morgan fingerprint density at radius 2 is 2.00 bits per heavy atom. The number of hydrogen-bond donors (Lipinski definition) is 3. The molecular formula is C7H16N2O2S. The highest BCUT2D eigenvalue weighted by Gasteiger charge is 2.33. The number of nitrogens with two attached hydrogens (primary N) is 1. The molecule has 1 fully saturated rings. The first kappa shape index (κ1) is 9.95. The molecule has 0 bridgehead atoms. The molecule has 1 saturated heterocycles. The molecule has 0 atom stereocenters. The maximum Gasteiger partial charge on any atom is 0.0500 e. The van der Waals surface area contributed by atoms with Crippen LogP contribution < -0.4 is 5.73 Å². The lowest BCUT2D eigenvalue weighted by Gasteiger charge is -2.34. The van der Waals surface area contributed by atoms with Gasteiger partial charge in [-0.05, 0) is 12.8 Å². The summed E-state index contributed by atoms with van der Waals surface area (Å²) in [5, 5.41) is 9.08. The zero-order valence-electron chi connectivity index (χ0n) is 7.08. The maximum absolute atomic E-state index is 11.3. The van der Waals surface area contributed by atoms with Crippen LogP contribution in [-0.2, 0) is 9.73 Å². The van der Waals surface area contributed by atoms with Gasteiger partial charge in [-0.3, -0.25) is 4.78 Å². The van der Waals surface area contributed by atoms with E-state index in [4.69, 9.17) is 15.6 Å². The van der Waals surface area contributed by atoms with Crippen molar-refractivity contribution in [3.05, 3.63) is 0 Å². The highest BCUT2D eigenvalue weighted by Crippen LogP contribution is 2.30. The molecule has 4 nitrogen and oxygen atoms in total. The first-order valence-corrected chi connectivity index (χ1v) is 5.98. The predicted molar refractivity (Wildman–Crippen MR) is 48.4 cm³/mol. The molecular weight excluding hydrogens is 176 g/mol. The average molecular weight is 192 g/mol. The molecule has 0 aliphatic carbocycles.